The molecule has 0 bridgehead atoms. The van der Waals surface area contributed by atoms with Crippen LogP contribution < -0.4 is 11.3 Å². The predicted octanol–water partition coefficient (Wildman–Crippen LogP) is 1.79. The third-order valence-corrected chi connectivity index (χ3v) is 3.31. The summed E-state index contributed by atoms with van der Waals surface area (Å²) in [6.45, 7) is 4.29. The number of ether oxygens (including phenoxy) is 1. The van der Waals surface area contributed by atoms with E-state index in [9.17, 15) is 0 Å². The van der Waals surface area contributed by atoms with Gasteiger partial charge in [0, 0.05) is 7.11 Å². The van der Waals surface area contributed by atoms with Crippen LogP contribution in [0.15, 0.2) is 16.8 Å². The van der Waals surface area contributed by atoms with Gasteiger partial charge in [-0.05, 0) is 34.7 Å². The van der Waals surface area contributed by atoms with Crippen molar-refractivity contribution in [3.63, 3.8) is 0 Å². The Labute approximate surface area is 95.6 Å². The molecule has 0 aromatic carbocycles. The molecule has 86 valence electrons. The fourth-order valence-electron chi connectivity index (χ4n) is 1.83. The van der Waals surface area contributed by atoms with Crippen LogP contribution in [0.4, 0.5) is 0 Å². The van der Waals surface area contributed by atoms with Gasteiger partial charge in [0.15, 0.2) is 0 Å². The molecule has 0 radical (unpaired) electrons. The maximum absolute atomic E-state index is 5.58. The number of hydrazine groups is 1. The molecule has 0 saturated heterocycles. The number of nitrogens with two attached hydrogens (primary N) is 1. The first-order valence-corrected chi connectivity index (χ1v) is 6.13. The maximum Gasteiger partial charge on any atom is 0.0763 e. The number of hydrogen-bond donors (Lipinski definition) is 2. The average molecular weight is 228 g/mol. The molecule has 0 amide bonds. The Morgan fingerprint density at radius 3 is 2.67 bits per heavy atom. The van der Waals surface area contributed by atoms with E-state index in [1.54, 1.807) is 18.4 Å². The van der Waals surface area contributed by atoms with Crippen molar-refractivity contribution >= 4 is 11.3 Å². The molecular formula is C11H20N2OS. The Kier molecular flexibility index (Phi) is 5.25. The molecule has 3 N–H and O–H groups in total. The van der Waals surface area contributed by atoms with Crippen molar-refractivity contribution in [3.8, 4) is 0 Å². The van der Waals surface area contributed by atoms with E-state index in [-0.39, 0.29) is 12.1 Å². The van der Waals surface area contributed by atoms with Crippen LogP contribution in [0.5, 0.6) is 0 Å². The van der Waals surface area contributed by atoms with Crippen molar-refractivity contribution < 1.29 is 4.74 Å². The lowest BCUT2D eigenvalue weighted by Gasteiger charge is -2.28. The van der Waals surface area contributed by atoms with E-state index in [0.717, 1.165) is 6.42 Å². The van der Waals surface area contributed by atoms with Gasteiger partial charge in [-0.3, -0.25) is 11.3 Å². The summed E-state index contributed by atoms with van der Waals surface area (Å²) in [5, 5.41) is 4.23. The fraction of sp³-hybridized carbons (Fsp3) is 0.636. The lowest BCUT2D eigenvalue weighted by molar-refractivity contribution is 0.0332. The van der Waals surface area contributed by atoms with Crippen LogP contribution in [-0.2, 0) is 11.2 Å². The van der Waals surface area contributed by atoms with Gasteiger partial charge in [-0.15, -0.1) is 0 Å². The molecule has 1 heterocycles. The zero-order chi connectivity index (χ0) is 11.3. The fourth-order valence-corrected chi connectivity index (χ4v) is 2.52. The number of nitrogens with one attached hydrogen (secondary N) is 1. The Morgan fingerprint density at radius 1 is 1.53 bits per heavy atom. The Hall–Kier alpha value is -0.420. The van der Waals surface area contributed by atoms with Gasteiger partial charge in [-0.2, -0.15) is 11.3 Å². The van der Waals surface area contributed by atoms with Gasteiger partial charge in [0.25, 0.3) is 0 Å². The van der Waals surface area contributed by atoms with E-state index in [4.69, 9.17) is 10.6 Å². The van der Waals surface area contributed by atoms with Crippen molar-refractivity contribution in [1.82, 2.24) is 5.43 Å². The Balaban J connectivity index is 2.61. The molecule has 4 heteroatoms. The van der Waals surface area contributed by atoms with Crippen LogP contribution in [0, 0.1) is 5.92 Å². The highest BCUT2D eigenvalue weighted by Crippen LogP contribution is 2.16. The van der Waals surface area contributed by atoms with Crippen molar-refractivity contribution in [2.24, 2.45) is 11.8 Å². The van der Waals surface area contributed by atoms with Crippen molar-refractivity contribution in [1.29, 1.82) is 0 Å². The van der Waals surface area contributed by atoms with Crippen molar-refractivity contribution in [2.45, 2.75) is 32.4 Å². The van der Waals surface area contributed by atoms with Crippen LogP contribution >= 0.6 is 11.3 Å². The summed E-state index contributed by atoms with van der Waals surface area (Å²) in [6.07, 6.45) is 1.06. The van der Waals surface area contributed by atoms with Crippen molar-refractivity contribution in [3.05, 3.63) is 22.4 Å². The quantitative estimate of drug-likeness (QED) is 0.576. The zero-order valence-electron chi connectivity index (χ0n) is 9.57. The molecule has 0 aliphatic carbocycles. The van der Waals surface area contributed by atoms with E-state index in [1.807, 2.05) is 0 Å². The van der Waals surface area contributed by atoms with Gasteiger partial charge < -0.3 is 4.74 Å². The topological polar surface area (TPSA) is 47.3 Å². The molecule has 2 unspecified atom stereocenters. The second-order valence-corrected chi connectivity index (χ2v) is 4.83. The second-order valence-electron chi connectivity index (χ2n) is 4.05. The maximum atomic E-state index is 5.58. The number of rotatable bonds is 6. The van der Waals surface area contributed by atoms with Crippen LogP contribution in [-0.4, -0.2) is 19.3 Å². The summed E-state index contributed by atoms with van der Waals surface area (Å²) in [5.41, 5.74) is 4.16. The molecule has 0 saturated carbocycles. The largest absolute Gasteiger partial charge is 0.380 e. The van der Waals surface area contributed by atoms with Gasteiger partial charge in [0.1, 0.15) is 0 Å². The first-order valence-electron chi connectivity index (χ1n) is 5.19. The van der Waals surface area contributed by atoms with E-state index in [1.165, 1.54) is 5.56 Å². The van der Waals surface area contributed by atoms with Crippen molar-refractivity contribution in [2.75, 3.05) is 7.11 Å². The molecule has 0 aliphatic heterocycles. The predicted molar refractivity (Wildman–Crippen MR) is 64.8 cm³/mol. The normalized spacial score (nSPS) is 15.5. The van der Waals surface area contributed by atoms with Crippen LogP contribution in [0.1, 0.15) is 19.4 Å². The zero-order valence-corrected chi connectivity index (χ0v) is 10.4. The number of methoxy groups -OCH3 is 1. The summed E-state index contributed by atoms with van der Waals surface area (Å²) < 4.78 is 5.47. The third kappa shape index (κ3) is 3.57. The smallest absolute Gasteiger partial charge is 0.0763 e. The van der Waals surface area contributed by atoms with E-state index < -0.39 is 0 Å². The molecule has 1 aromatic heterocycles. The van der Waals surface area contributed by atoms with Gasteiger partial charge >= 0.3 is 0 Å². The average Bonchev–Trinajstić information content (AvgIpc) is 2.69. The molecular weight excluding hydrogens is 208 g/mol. The van der Waals surface area contributed by atoms with Gasteiger partial charge in [0.05, 0.1) is 12.1 Å². The van der Waals surface area contributed by atoms with E-state index >= 15 is 0 Å². The van der Waals surface area contributed by atoms with E-state index in [2.05, 4.69) is 36.1 Å². The third-order valence-electron chi connectivity index (χ3n) is 2.58. The summed E-state index contributed by atoms with van der Waals surface area (Å²) in [7, 11) is 1.74. The number of thiophene rings is 1. The SMILES string of the molecule is COC(C(C)C)C(Cc1ccsc1)NN. The molecule has 15 heavy (non-hydrogen) atoms. The summed E-state index contributed by atoms with van der Waals surface area (Å²) in [4.78, 5) is 0. The molecule has 1 rings (SSSR count). The highest BCUT2D eigenvalue weighted by atomic mass is 32.1. The van der Waals surface area contributed by atoms with E-state index in [0.29, 0.717) is 5.92 Å². The molecule has 0 aliphatic rings. The Bertz CT molecular complexity index is 262. The molecule has 0 spiro atoms. The number of hydrogen-bond acceptors (Lipinski definition) is 4. The van der Waals surface area contributed by atoms with Crippen LogP contribution in [0.25, 0.3) is 0 Å². The lowest BCUT2D eigenvalue weighted by Crippen LogP contribution is -2.48. The summed E-state index contributed by atoms with van der Waals surface area (Å²) in [6, 6.07) is 2.30. The first kappa shape index (κ1) is 12.6. The monoisotopic (exact) mass is 228 g/mol. The van der Waals surface area contributed by atoms with Gasteiger partial charge in [-0.1, -0.05) is 13.8 Å². The molecule has 0 fully saturated rings. The second kappa shape index (κ2) is 6.23. The minimum Gasteiger partial charge on any atom is -0.380 e. The van der Waals surface area contributed by atoms with Crippen LogP contribution in [0.3, 0.4) is 0 Å². The Morgan fingerprint density at radius 2 is 2.27 bits per heavy atom. The summed E-state index contributed by atoms with van der Waals surface area (Å²) >= 11 is 1.71. The van der Waals surface area contributed by atoms with Gasteiger partial charge in [-0.25, -0.2) is 0 Å². The standard InChI is InChI=1S/C11H20N2OS/c1-8(2)11(14-3)10(13-12)6-9-4-5-15-7-9/h4-5,7-8,10-11,13H,6,12H2,1-3H3. The molecule has 2 atom stereocenters. The highest BCUT2D eigenvalue weighted by molar-refractivity contribution is 7.07. The lowest BCUT2D eigenvalue weighted by atomic mass is 9.95. The highest BCUT2D eigenvalue weighted by Gasteiger charge is 2.23. The first-order chi connectivity index (χ1) is 7.19. The molecule has 1 aromatic rings. The minimum absolute atomic E-state index is 0.148. The van der Waals surface area contributed by atoms with Crippen LogP contribution in [0.2, 0.25) is 0 Å². The minimum atomic E-state index is 0.148. The summed E-state index contributed by atoms with van der Waals surface area (Å²) in [5.74, 6) is 6.03. The molecule has 3 nitrogen and oxygen atoms in total. The van der Waals surface area contributed by atoms with Gasteiger partial charge in [0.2, 0.25) is 0 Å².